The fourth-order valence-corrected chi connectivity index (χ4v) is 2.56. The largest absolute Gasteiger partial charge is 0.433 e. The van der Waals surface area contributed by atoms with Gasteiger partial charge in [-0.05, 0) is 24.3 Å². The van der Waals surface area contributed by atoms with Crippen LogP contribution in [0.4, 0.5) is 23.2 Å². The molecule has 1 saturated heterocycles. The van der Waals surface area contributed by atoms with Crippen LogP contribution >= 0.6 is 12.4 Å². The van der Waals surface area contributed by atoms with E-state index in [1.807, 2.05) is 0 Å². The number of amides is 1. The minimum absolute atomic E-state index is 0. The third-order valence-corrected chi connectivity index (χ3v) is 3.85. The number of nitrogens with zero attached hydrogens (tertiary/aromatic N) is 1. The van der Waals surface area contributed by atoms with Crippen LogP contribution in [0.25, 0.3) is 0 Å². The maximum Gasteiger partial charge on any atom is 0.433 e. The SMILES string of the molecule is Cl.O=C(Nc1ccc([C@@H]2CNCCO2)c(F)c1)c1ccnc(C(F)(F)F)c1. The van der Waals surface area contributed by atoms with E-state index in [4.69, 9.17) is 4.74 Å². The molecule has 2 heterocycles. The van der Waals surface area contributed by atoms with E-state index in [1.165, 1.54) is 12.1 Å². The molecule has 0 radical (unpaired) electrons. The number of nitrogens with one attached hydrogen (secondary N) is 2. The lowest BCUT2D eigenvalue weighted by molar-refractivity contribution is -0.141. The predicted molar refractivity (Wildman–Crippen MR) is 92.4 cm³/mol. The lowest BCUT2D eigenvalue weighted by Crippen LogP contribution is -2.33. The average molecular weight is 406 g/mol. The number of carbonyl (C=O) groups excluding carboxylic acids is 1. The van der Waals surface area contributed by atoms with Crippen LogP contribution in [0.3, 0.4) is 0 Å². The molecule has 1 atom stereocenters. The van der Waals surface area contributed by atoms with Crippen molar-refractivity contribution in [2.75, 3.05) is 25.0 Å². The number of pyridine rings is 1. The van der Waals surface area contributed by atoms with Gasteiger partial charge in [-0.15, -0.1) is 12.4 Å². The van der Waals surface area contributed by atoms with E-state index in [0.29, 0.717) is 31.3 Å². The predicted octanol–water partition coefficient (Wildman–Crippen LogP) is 3.57. The maximum absolute atomic E-state index is 14.3. The van der Waals surface area contributed by atoms with Crippen LogP contribution < -0.4 is 10.6 Å². The third-order valence-electron chi connectivity index (χ3n) is 3.85. The molecule has 1 aliphatic rings. The van der Waals surface area contributed by atoms with Crippen LogP contribution in [-0.4, -0.2) is 30.6 Å². The second kappa shape index (κ2) is 8.64. The molecule has 0 saturated carbocycles. The Labute approximate surface area is 158 Å². The summed E-state index contributed by atoms with van der Waals surface area (Å²) in [7, 11) is 0. The first-order valence-electron chi connectivity index (χ1n) is 7.81. The number of hydrogen-bond acceptors (Lipinski definition) is 4. The van der Waals surface area contributed by atoms with Gasteiger partial charge in [0.25, 0.3) is 5.91 Å². The Hall–Kier alpha value is -2.23. The second-order valence-corrected chi connectivity index (χ2v) is 5.68. The minimum atomic E-state index is -4.65. The minimum Gasteiger partial charge on any atom is -0.371 e. The van der Waals surface area contributed by atoms with Crippen LogP contribution in [0.5, 0.6) is 0 Å². The zero-order valence-corrected chi connectivity index (χ0v) is 14.7. The lowest BCUT2D eigenvalue weighted by atomic mass is 10.1. The lowest BCUT2D eigenvalue weighted by Gasteiger charge is -2.24. The normalized spacial score (nSPS) is 17.1. The van der Waals surface area contributed by atoms with Crippen molar-refractivity contribution in [1.29, 1.82) is 0 Å². The van der Waals surface area contributed by atoms with Gasteiger partial charge in [0, 0.05) is 36.1 Å². The molecule has 1 aliphatic heterocycles. The summed E-state index contributed by atoms with van der Waals surface area (Å²) >= 11 is 0. The first-order valence-corrected chi connectivity index (χ1v) is 7.81. The number of carbonyl (C=O) groups is 1. The molecular weight excluding hydrogens is 390 g/mol. The Morgan fingerprint density at radius 1 is 1.26 bits per heavy atom. The van der Waals surface area contributed by atoms with Gasteiger partial charge in [0.1, 0.15) is 11.5 Å². The highest BCUT2D eigenvalue weighted by atomic mass is 35.5. The van der Waals surface area contributed by atoms with Gasteiger partial charge < -0.3 is 15.4 Å². The van der Waals surface area contributed by atoms with Gasteiger partial charge >= 0.3 is 6.18 Å². The fraction of sp³-hybridized carbons (Fsp3) is 0.294. The number of aromatic nitrogens is 1. The van der Waals surface area contributed by atoms with Crippen LogP contribution in [0.15, 0.2) is 36.5 Å². The number of anilines is 1. The number of ether oxygens (including phenoxy) is 1. The zero-order valence-electron chi connectivity index (χ0n) is 13.8. The standard InChI is InChI=1S/C17H15F4N3O2.ClH/c18-13-8-11(1-2-12(13)14-9-22-5-6-26-14)24-16(25)10-3-4-23-15(7-10)17(19,20)21;/h1-4,7-8,14,22H,5-6,9H2,(H,24,25);1H/t14-;/m0./s1. The molecule has 1 aromatic carbocycles. The summed E-state index contributed by atoms with van der Waals surface area (Å²) in [4.78, 5) is 15.3. The summed E-state index contributed by atoms with van der Waals surface area (Å²) < 4.78 is 57.8. The number of morpholine rings is 1. The molecule has 2 aromatic rings. The van der Waals surface area contributed by atoms with Gasteiger partial charge in [-0.3, -0.25) is 9.78 Å². The summed E-state index contributed by atoms with van der Waals surface area (Å²) in [6.45, 7) is 1.63. The monoisotopic (exact) mass is 405 g/mol. The van der Waals surface area contributed by atoms with E-state index in [9.17, 15) is 22.4 Å². The van der Waals surface area contributed by atoms with Crippen molar-refractivity contribution in [3.8, 4) is 0 Å². The number of hydrogen-bond donors (Lipinski definition) is 2. The Kier molecular flexibility index (Phi) is 6.74. The van der Waals surface area contributed by atoms with Crippen molar-refractivity contribution in [2.45, 2.75) is 12.3 Å². The molecule has 0 aliphatic carbocycles. The molecule has 27 heavy (non-hydrogen) atoms. The maximum atomic E-state index is 14.3. The Morgan fingerprint density at radius 2 is 2.04 bits per heavy atom. The van der Waals surface area contributed by atoms with Gasteiger partial charge in [0.05, 0.1) is 12.7 Å². The first-order chi connectivity index (χ1) is 12.3. The summed E-state index contributed by atoms with van der Waals surface area (Å²) in [6.07, 6.45) is -4.18. The fourth-order valence-electron chi connectivity index (χ4n) is 2.56. The van der Waals surface area contributed by atoms with Crippen LogP contribution in [0, 0.1) is 5.82 Å². The van der Waals surface area contributed by atoms with Crippen molar-refractivity contribution >= 4 is 24.0 Å². The zero-order chi connectivity index (χ0) is 18.7. The van der Waals surface area contributed by atoms with Gasteiger partial charge in [-0.2, -0.15) is 13.2 Å². The smallest absolute Gasteiger partial charge is 0.371 e. The number of rotatable bonds is 3. The van der Waals surface area contributed by atoms with E-state index in [0.717, 1.165) is 18.3 Å². The van der Waals surface area contributed by atoms with Crippen LogP contribution in [-0.2, 0) is 10.9 Å². The van der Waals surface area contributed by atoms with E-state index < -0.39 is 29.7 Å². The molecule has 146 valence electrons. The average Bonchev–Trinajstić information content (AvgIpc) is 2.62. The Bertz CT molecular complexity index is 811. The van der Waals surface area contributed by atoms with Crippen molar-refractivity contribution in [3.63, 3.8) is 0 Å². The highest BCUT2D eigenvalue weighted by Crippen LogP contribution is 2.28. The van der Waals surface area contributed by atoms with Gasteiger partial charge in [0.2, 0.25) is 0 Å². The summed E-state index contributed by atoms with van der Waals surface area (Å²) in [5.74, 6) is -1.36. The Balaban J connectivity index is 0.00000261. The summed E-state index contributed by atoms with van der Waals surface area (Å²) in [5.41, 5.74) is -0.922. The van der Waals surface area contributed by atoms with Gasteiger partial charge in [-0.25, -0.2) is 4.39 Å². The van der Waals surface area contributed by atoms with Crippen LogP contribution in [0.2, 0.25) is 0 Å². The van der Waals surface area contributed by atoms with E-state index in [1.54, 1.807) is 0 Å². The van der Waals surface area contributed by atoms with E-state index in [2.05, 4.69) is 15.6 Å². The highest BCUT2D eigenvalue weighted by molar-refractivity contribution is 6.04. The number of alkyl halides is 3. The van der Waals surface area contributed by atoms with E-state index in [-0.39, 0.29) is 23.7 Å². The quantitative estimate of drug-likeness (QED) is 0.766. The van der Waals surface area contributed by atoms with E-state index >= 15 is 0 Å². The molecular formula is C17H16ClF4N3O2. The molecule has 10 heteroatoms. The molecule has 5 nitrogen and oxygen atoms in total. The van der Waals surface area contributed by atoms with Crippen molar-refractivity contribution in [1.82, 2.24) is 10.3 Å². The van der Waals surface area contributed by atoms with Crippen molar-refractivity contribution in [3.05, 3.63) is 59.2 Å². The molecule has 1 aromatic heterocycles. The topological polar surface area (TPSA) is 63.2 Å². The number of halogens is 5. The van der Waals surface area contributed by atoms with Crippen LogP contribution in [0.1, 0.15) is 27.7 Å². The molecule has 0 unspecified atom stereocenters. The summed E-state index contributed by atoms with van der Waals surface area (Å²) in [5, 5.41) is 5.46. The highest BCUT2D eigenvalue weighted by Gasteiger charge is 2.33. The molecule has 1 fully saturated rings. The molecule has 0 spiro atoms. The van der Waals surface area contributed by atoms with Crippen molar-refractivity contribution < 1.29 is 27.1 Å². The molecule has 3 rings (SSSR count). The third kappa shape index (κ3) is 5.15. The molecule has 2 N–H and O–H groups in total. The van der Waals surface area contributed by atoms with Crippen molar-refractivity contribution in [2.24, 2.45) is 0 Å². The molecule has 0 bridgehead atoms. The summed E-state index contributed by atoms with van der Waals surface area (Å²) in [6, 6.07) is 5.85. The second-order valence-electron chi connectivity index (χ2n) is 5.68. The van der Waals surface area contributed by atoms with Gasteiger partial charge in [-0.1, -0.05) is 6.07 Å². The van der Waals surface area contributed by atoms with Gasteiger partial charge in [0.15, 0.2) is 0 Å². The Morgan fingerprint density at radius 3 is 2.67 bits per heavy atom. The molecule has 1 amide bonds. The first kappa shape index (κ1) is 21.1. The number of benzene rings is 1.